The van der Waals surface area contributed by atoms with Gasteiger partial charge in [-0.05, 0) is 24.5 Å². The second-order valence-corrected chi connectivity index (χ2v) is 6.35. The van der Waals surface area contributed by atoms with Gasteiger partial charge in [-0.25, -0.2) is 9.37 Å². The highest BCUT2D eigenvalue weighted by atomic mass is 19.1. The van der Waals surface area contributed by atoms with E-state index in [9.17, 15) is 4.39 Å². The third-order valence-electron chi connectivity index (χ3n) is 3.62. The molecule has 0 atom stereocenters. The molecule has 4 heteroatoms. The van der Waals surface area contributed by atoms with E-state index in [1.54, 1.807) is 0 Å². The molecule has 1 aromatic carbocycles. The van der Waals surface area contributed by atoms with Crippen LogP contribution in [0.1, 0.15) is 39.9 Å². The van der Waals surface area contributed by atoms with Gasteiger partial charge in [0.15, 0.2) is 0 Å². The van der Waals surface area contributed by atoms with Crippen molar-refractivity contribution in [3.63, 3.8) is 0 Å². The van der Waals surface area contributed by atoms with E-state index in [4.69, 9.17) is 0 Å². The smallest absolute Gasteiger partial charge is 0.125 e. The summed E-state index contributed by atoms with van der Waals surface area (Å²) in [5.41, 5.74) is 1.80. The standard InChI is InChI=1S/C17H26FN3/c1-12(2)8-10-21-16-6-5-14(18)11-15(16)20-17(21)7-9-19-13(3)4/h5-6,11-13,19H,7-10H2,1-4H3. The SMILES string of the molecule is CC(C)CCn1c(CCNC(C)C)nc2cc(F)ccc21. The Bertz CT molecular complexity index is 587. The van der Waals surface area contributed by atoms with Gasteiger partial charge in [0.2, 0.25) is 0 Å². The number of nitrogens with zero attached hydrogens (tertiary/aromatic N) is 2. The zero-order valence-electron chi connectivity index (χ0n) is 13.5. The van der Waals surface area contributed by atoms with Crippen LogP contribution >= 0.6 is 0 Å². The second kappa shape index (κ2) is 7.03. The molecule has 3 nitrogen and oxygen atoms in total. The van der Waals surface area contributed by atoms with Gasteiger partial charge in [-0.3, -0.25) is 0 Å². The maximum absolute atomic E-state index is 13.4. The van der Waals surface area contributed by atoms with Gasteiger partial charge < -0.3 is 9.88 Å². The number of rotatable bonds is 7. The third-order valence-corrected chi connectivity index (χ3v) is 3.62. The molecule has 0 saturated carbocycles. The molecular formula is C17H26FN3. The van der Waals surface area contributed by atoms with Crippen molar-refractivity contribution in [2.24, 2.45) is 5.92 Å². The average Bonchev–Trinajstić information content (AvgIpc) is 2.72. The predicted octanol–water partition coefficient (Wildman–Crippen LogP) is 3.76. The summed E-state index contributed by atoms with van der Waals surface area (Å²) in [6.45, 7) is 10.5. The Morgan fingerprint density at radius 3 is 2.67 bits per heavy atom. The Hall–Kier alpha value is -1.42. The lowest BCUT2D eigenvalue weighted by Gasteiger charge is -2.12. The molecule has 0 unspecified atom stereocenters. The van der Waals surface area contributed by atoms with Gasteiger partial charge >= 0.3 is 0 Å². The van der Waals surface area contributed by atoms with Crippen molar-refractivity contribution in [2.75, 3.05) is 6.54 Å². The zero-order chi connectivity index (χ0) is 15.4. The van der Waals surface area contributed by atoms with Gasteiger partial charge in [-0.15, -0.1) is 0 Å². The van der Waals surface area contributed by atoms with E-state index in [0.29, 0.717) is 12.0 Å². The molecule has 0 saturated heterocycles. The number of hydrogen-bond donors (Lipinski definition) is 1. The van der Waals surface area contributed by atoms with Gasteiger partial charge in [0.25, 0.3) is 0 Å². The first-order valence-electron chi connectivity index (χ1n) is 7.85. The molecule has 0 amide bonds. The molecule has 1 heterocycles. The summed E-state index contributed by atoms with van der Waals surface area (Å²) in [6.07, 6.45) is 1.97. The second-order valence-electron chi connectivity index (χ2n) is 6.35. The summed E-state index contributed by atoms with van der Waals surface area (Å²) in [6, 6.07) is 5.36. The van der Waals surface area contributed by atoms with E-state index in [2.05, 4.69) is 42.6 Å². The molecule has 2 rings (SSSR count). The summed E-state index contributed by atoms with van der Waals surface area (Å²) in [5, 5.41) is 3.41. The van der Waals surface area contributed by atoms with Crippen molar-refractivity contribution >= 4 is 11.0 Å². The molecule has 116 valence electrons. The van der Waals surface area contributed by atoms with Gasteiger partial charge in [0.1, 0.15) is 11.6 Å². The van der Waals surface area contributed by atoms with Crippen molar-refractivity contribution in [2.45, 2.75) is 53.1 Å². The summed E-state index contributed by atoms with van der Waals surface area (Å²) in [5.74, 6) is 1.47. The number of halogens is 1. The van der Waals surface area contributed by atoms with Crippen LogP contribution in [-0.2, 0) is 13.0 Å². The van der Waals surface area contributed by atoms with Gasteiger partial charge in [0, 0.05) is 31.6 Å². The van der Waals surface area contributed by atoms with Crippen LogP contribution in [0.5, 0.6) is 0 Å². The summed E-state index contributed by atoms with van der Waals surface area (Å²) < 4.78 is 15.6. The Kier molecular flexibility index (Phi) is 5.34. The molecule has 0 aliphatic rings. The molecule has 2 aromatic rings. The molecular weight excluding hydrogens is 265 g/mol. The van der Waals surface area contributed by atoms with Crippen LogP contribution < -0.4 is 5.32 Å². The zero-order valence-corrected chi connectivity index (χ0v) is 13.5. The lowest BCUT2D eigenvalue weighted by atomic mass is 10.1. The van der Waals surface area contributed by atoms with E-state index >= 15 is 0 Å². The van der Waals surface area contributed by atoms with Crippen molar-refractivity contribution in [3.05, 3.63) is 29.8 Å². The summed E-state index contributed by atoms with van der Waals surface area (Å²) >= 11 is 0. The molecule has 21 heavy (non-hydrogen) atoms. The normalized spacial score (nSPS) is 12.0. The topological polar surface area (TPSA) is 29.9 Å². The van der Waals surface area contributed by atoms with Crippen LogP contribution in [0, 0.1) is 11.7 Å². The molecule has 0 aliphatic carbocycles. The molecule has 0 fully saturated rings. The fourth-order valence-electron chi connectivity index (χ4n) is 2.45. The van der Waals surface area contributed by atoms with Crippen LogP contribution in [-0.4, -0.2) is 22.1 Å². The van der Waals surface area contributed by atoms with Crippen LogP contribution in [0.4, 0.5) is 4.39 Å². The maximum atomic E-state index is 13.4. The van der Waals surface area contributed by atoms with E-state index < -0.39 is 0 Å². The summed E-state index contributed by atoms with van der Waals surface area (Å²) in [4.78, 5) is 4.63. The first-order valence-corrected chi connectivity index (χ1v) is 7.85. The number of aryl methyl sites for hydroxylation is 1. The van der Waals surface area contributed by atoms with Crippen molar-refractivity contribution in [3.8, 4) is 0 Å². The molecule has 0 radical (unpaired) electrons. The number of aromatic nitrogens is 2. The van der Waals surface area contributed by atoms with E-state index in [0.717, 1.165) is 42.8 Å². The fourth-order valence-corrected chi connectivity index (χ4v) is 2.45. The van der Waals surface area contributed by atoms with Gasteiger partial charge in [0.05, 0.1) is 11.0 Å². The van der Waals surface area contributed by atoms with Crippen LogP contribution in [0.25, 0.3) is 11.0 Å². The van der Waals surface area contributed by atoms with Gasteiger partial charge in [-0.2, -0.15) is 0 Å². The van der Waals surface area contributed by atoms with Crippen molar-refractivity contribution in [1.82, 2.24) is 14.9 Å². The number of nitrogens with one attached hydrogen (secondary N) is 1. The summed E-state index contributed by atoms with van der Waals surface area (Å²) in [7, 11) is 0. The average molecular weight is 291 g/mol. The lowest BCUT2D eigenvalue weighted by molar-refractivity contribution is 0.505. The molecule has 0 bridgehead atoms. The predicted molar refractivity (Wildman–Crippen MR) is 86.0 cm³/mol. The molecule has 0 spiro atoms. The molecule has 1 aromatic heterocycles. The highest BCUT2D eigenvalue weighted by Gasteiger charge is 2.11. The van der Waals surface area contributed by atoms with Crippen LogP contribution in [0.2, 0.25) is 0 Å². The number of imidazole rings is 1. The first-order chi connectivity index (χ1) is 9.97. The monoisotopic (exact) mass is 291 g/mol. The Labute approximate surface area is 126 Å². The number of fused-ring (bicyclic) bond motifs is 1. The van der Waals surface area contributed by atoms with E-state index in [-0.39, 0.29) is 5.82 Å². The minimum Gasteiger partial charge on any atom is -0.328 e. The highest BCUT2D eigenvalue weighted by Crippen LogP contribution is 2.19. The van der Waals surface area contributed by atoms with Crippen molar-refractivity contribution in [1.29, 1.82) is 0 Å². The van der Waals surface area contributed by atoms with Crippen molar-refractivity contribution < 1.29 is 4.39 Å². The largest absolute Gasteiger partial charge is 0.328 e. The van der Waals surface area contributed by atoms with Gasteiger partial charge in [-0.1, -0.05) is 27.7 Å². The van der Waals surface area contributed by atoms with E-state index in [1.165, 1.54) is 12.1 Å². The first kappa shape index (κ1) is 16.0. The number of benzene rings is 1. The lowest BCUT2D eigenvalue weighted by Crippen LogP contribution is -2.26. The molecule has 0 aliphatic heterocycles. The Balaban J connectivity index is 2.25. The van der Waals surface area contributed by atoms with E-state index in [1.807, 2.05) is 6.07 Å². The molecule has 1 N–H and O–H groups in total. The van der Waals surface area contributed by atoms with Crippen LogP contribution in [0.3, 0.4) is 0 Å². The Morgan fingerprint density at radius 2 is 2.00 bits per heavy atom. The highest BCUT2D eigenvalue weighted by molar-refractivity contribution is 5.76. The third kappa shape index (κ3) is 4.27. The minimum absolute atomic E-state index is 0.220. The maximum Gasteiger partial charge on any atom is 0.125 e. The minimum atomic E-state index is -0.220. The number of hydrogen-bond acceptors (Lipinski definition) is 2. The Morgan fingerprint density at radius 1 is 1.24 bits per heavy atom. The quantitative estimate of drug-likeness (QED) is 0.841. The fraction of sp³-hybridized carbons (Fsp3) is 0.588. The van der Waals surface area contributed by atoms with Crippen LogP contribution in [0.15, 0.2) is 18.2 Å².